The Morgan fingerprint density at radius 3 is 2.39 bits per heavy atom. The van der Waals surface area contributed by atoms with Gasteiger partial charge in [0.15, 0.2) is 17.3 Å². The fraction of sp³-hybridized carbons (Fsp3) is 0.222. The lowest BCUT2D eigenvalue weighted by Gasteiger charge is -2.08. The Morgan fingerprint density at radius 1 is 1.07 bits per heavy atom. The SMILES string of the molecule is Cc1cc2c(cc1-c1cnc(NC(=O)c3c(C)noc3C)cn1)OC(F)(F)O2. The van der Waals surface area contributed by atoms with E-state index in [1.165, 1.54) is 24.5 Å². The largest absolute Gasteiger partial charge is 0.586 e. The summed E-state index contributed by atoms with van der Waals surface area (Å²) in [5.74, 6) is 0.0802. The third kappa shape index (κ3) is 3.13. The van der Waals surface area contributed by atoms with Crippen molar-refractivity contribution in [3.05, 3.63) is 47.1 Å². The molecule has 3 aromatic rings. The van der Waals surface area contributed by atoms with Gasteiger partial charge < -0.3 is 19.3 Å². The number of fused-ring (bicyclic) bond motifs is 1. The number of amides is 1. The van der Waals surface area contributed by atoms with Crippen molar-refractivity contribution in [2.24, 2.45) is 0 Å². The number of hydrogen-bond donors (Lipinski definition) is 1. The number of halogens is 2. The summed E-state index contributed by atoms with van der Waals surface area (Å²) in [6.45, 7) is 5.02. The number of benzene rings is 1. The molecule has 0 atom stereocenters. The van der Waals surface area contributed by atoms with Crippen LogP contribution in [-0.4, -0.2) is 27.3 Å². The summed E-state index contributed by atoms with van der Waals surface area (Å²) in [6, 6.07) is 2.86. The van der Waals surface area contributed by atoms with Gasteiger partial charge in [0.2, 0.25) is 0 Å². The Kier molecular flexibility index (Phi) is 3.98. The number of aromatic nitrogens is 3. The van der Waals surface area contributed by atoms with Gasteiger partial charge in [-0.15, -0.1) is 8.78 Å². The number of carbonyl (C=O) groups is 1. The summed E-state index contributed by atoms with van der Waals surface area (Å²) in [6.07, 6.45) is -0.902. The third-order valence-corrected chi connectivity index (χ3v) is 4.18. The maximum Gasteiger partial charge on any atom is 0.586 e. The minimum Gasteiger partial charge on any atom is -0.395 e. The Balaban J connectivity index is 1.57. The molecule has 0 fully saturated rings. The Morgan fingerprint density at radius 2 is 1.79 bits per heavy atom. The van der Waals surface area contributed by atoms with E-state index in [1.807, 2.05) is 0 Å². The van der Waals surface area contributed by atoms with Crippen molar-refractivity contribution >= 4 is 11.7 Å². The predicted molar refractivity (Wildman–Crippen MR) is 92.3 cm³/mol. The Hall–Kier alpha value is -3.56. The predicted octanol–water partition coefficient (Wildman–Crippen LogP) is 3.63. The van der Waals surface area contributed by atoms with Gasteiger partial charge in [-0.2, -0.15) is 0 Å². The maximum absolute atomic E-state index is 13.2. The average molecular weight is 388 g/mol. The fourth-order valence-corrected chi connectivity index (χ4v) is 2.89. The lowest BCUT2D eigenvalue weighted by atomic mass is 10.1. The Bertz CT molecular complexity index is 1060. The molecule has 1 aliphatic heterocycles. The number of aryl methyl sites for hydroxylation is 3. The molecule has 0 radical (unpaired) electrons. The van der Waals surface area contributed by atoms with E-state index in [0.717, 1.165) is 0 Å². The molecule has 8 nitrogen and oxygen atoms in total. The number of ether oxygens (including phenoxy) is 2. The van der Waals surface area contributed by atoms with Crippen LogP contribution in [0.3, 0.4) is 0 Å². The van der Waals surface area contributed by atoms with E-state index in [0.29, 0.717) is 33.8 Å². The molecule has 3 heterocycles. The molecule has 0 unspecified atom stereocenters. The fourth-order valence-electron chi connectivity index (χ4n) is 2.89. The summed E-state index contributed by atoms with van der Waals surface area (Å²) in [4.78, 5) is 20.7. The summed E-state index contributed by atoms with van der Waals surface area (Å²) < 4.78 is 40.3. The van der Waals surface area contributed by atoms with Crippen LogP contribution in [0, 0.1) is 20.8 Å². The van der Waals surface area contributed by atoms with E-state index < -0.39 is 12.2 Å². The number of nitrogens with one attached hydrogen (secondary N) is 1. The van der Waals surface area contributed by atoms with Gasteiger partial charge in [-0.3, -0.25) is 9.78 Å². The molecular formula is C18H14F2N4O4. The van der Waals surface area contributed by atoms with Crippen molar-refractivity contribution in [3.8, 4) is 22.8 Å². The van der Waals surface area contributed by atoms with Crippen molar-refractivity contribution < 1.29 is 27.6 Å². The summed E-state index contributed by atoms with van der Waals surface area (Å²) >= 11 is 0. The second-order valence-corrected chi connectivity index (χ2v) is 6.22. The van der Waals surface area contributed by atoms with E-state index in [2.05, 4.69) is 29.9 Å². The van der Waals surface area contributed by atoms with Crippen LogP contribution >= 0.6 is 0 Å². The van der Waals surface area contributed by atoms with E-state index >= 15 is 0 Å². The van der Waals surface area contributed by atoms with Crippen molar-refractivity contribution in [2.75, 3.05) is 5.32 Å². The van der Waals surface area contributed by atoms with Crippen LogP contribution in [0.4, 0.5) is 14.6 Å². The average Bonchev–Trinajstić information content (AvgIpc) is 3.11. The lowest BCUT2D eigenvalue weighted by Crippen LogP contribution is -2.25. The minimum absolute atomic E-state index is 0.0393. The number of nitrogens with zero attached hydrogens (tertiary/aromatic N) is 3. The van der Waals surface area contributed by atoms with E-state index in [1.54, 1.807) is 20.8 Å². The van der Waals surface area contributed by atoms with Crippen LogP contribution in [0.1, 0.15) is 27.4 Å². The zero-order valence-electron chi connectivity index (χ0n) is 15.0. The number of anilines is 1. The molecule has 0 aliphatic carbocycles. The van der Waals surface area contributed by atoms with Crippen LogP contribution < -0.4 is 14.8 Å². The number of rotatable bonds is 3. The van der Waals surface area contributed by atoms with Gasteiger partial charge in [0, 0.05) is 5.56 Å². The van der Waals surface area contributed by atoms with Crippen molar-refractivity contribution in [1.29, 1.82) is 0 Å². The van der Waals surface area contributed by atoms with Crippen molar-refractivity contribution in [2.45, 2.75) is 27.1 Å². The first-order valence-corrected chi connectivity index (χ1v) is 8.20. The smallest absolute Gasteiger partial charge is 0.395 e. The highest BCUT2D eigenvalue weighted by molar-refractivity contribution is 6.05. The Labute approximate surface area is 157 Å². The maximum atomic E-state index is 13.2. The van der Waals surface area contributed by atoms with Gasteiger partial charge >= 0.3 is 6.29 Å². The first kappa shape index (κ1) is 17.8. The van der Waals surface area contributed by atoms with Gasteiger partial charge in [-0.05, 0) is 38.5 Å². The van der Waals surface area contributed by atoms with Crippen LogP contribution in [-0.2, 0) is 0 Å². The van der Waals surface area contributed by atoms with E-state index in [4.69, 9.17) is 4.52 Å². The minimum atomic E-state index is -3.69. The monoisotopic (exact) mass is 388 g/mol. The van der Waals surface area contributed by atoms with Gasteiger partial charge in [0.05, 0.1) is 23.8 Å². The van der Waals surface area contributed by atoms with Crippen molar-refractivity contribution in [1.82, 2.24) is 15.1 Å². The molecule has 0 saturated carbocycles. The lowest BCUT2D eigenvalue weighted by molar-refractivity contribution is -0.286. The highest BCUT2D eigenvalue weighted by Crippen LogP contribution is 2.44. The standard InChI is InChI=1S/C18H14F2N4O4/c1-8-4-13-14(27-18(19,20)26-13)5-11(8)12-6-22-15(7-21-12)23-17(25)16-9(2)24-28-10(16)3/h4-7H,1-3H3,(H,22,23,25). The summed E-state index contributed by atoms with van der Waals surface area (Å²) in [5, 5.41) is 6.35. The van der Waals surface area contributed by atoms with Crippen LogP contribution in [0.15, 0.2) is 29.0 Å². The molecule has 0 spiro atoms. The molecule has 0 saturated heterocycles. The zero-order chi connectivity index (χ0) is 20.1. The zero-order valence-corrected chi connectivity index (χ0v) is 15.0. The van der Waals surface area contributed by atoms with Crippen LogP contribution in [0.5, 0.6) is 11.5 Å². The molecular weight excluding hydrogens is 374 g/mol. The second-order valence-electron chi connectivity index (χ2n) is 6.22. The van der Waals surface area contributed by atoms with Crippen LogP contribution in [0.2, 0.25) is 0 Å². The highest BCUT2D eigenvalue weighted by Gasteiger charge is 2.43. The second kappa shape index (κ2) is 6.25. The molecule has 1 amide bonds. The summed E-state index contributed by atoms with van der Waals surface area (Å²) in [7, 11) is 0. The van der Waals surface area contributed by atoms with Gasteiger partial charge in [-0.1, -0.05) is 5.16 Å². The molecule has 10 heteroatoms. The normalized spacial score (nSPS) is 14.2. The van der Waals surface area contributed by atoms with E-state index in [9.17, 15) is 13.6 Å². The quantitative estimate of drug-likeness (QED) is 0.731. The van der Waals surface area contributed by atoms with Gasteiger partial charge in [0.25, 0.3) is 5.91 Å². The topological polar surface area (TPSA) is 99.4 Å². The first-order valence-electron chi connectivity index (χ1n) is 8.20. The molecule has 4 rings (SSSR count). The van der Waals surface area contributed by atoms with Crippen LogP contribution in [0.25, 0.3) is 11.3 Å². The molecule has 2 aromatic heterocycles. The van der Waals surface area contributed by atoms with E-state index in [-0.39, 0.29) is 17.3 Å². The number of carbonyl (C=O) groups excluding carboxylic acids is 1. The third-order valence-electron chi connectivity index (χ3n) is 4.18. The van der Waals surface area contributed by atoms with Gasteiger partial charge in [0.1, 0.15) is 11.3 Å². The van der Waals surface area contributed by atoms with Crippen molar-refractivity contribution in [3.63, 3.8) is 0 Å². The highest BCUT2D eigenvalue weighted by atomic mass is 19.3. The number of hydrogen-bond acceptors (Lipinski definition) is 7. The van der Waals surface area contributed by atoms with Gasteiger partial charge in [-0.25, -0.2) is 4.98 Å². The molecule has 1 N–H and O–H groups in total. The molecule has 1 aliphatic rings. The first-order chi connectivity index (χ1) is 13.2. The number of alkyl halides is 2. The summed E-state index contributed by atoms with van der Waals surface area (Å²) in [5.41, 5.74) is 2.43. The molecule has 1 aromatic carbocycles. The molecule has 144 valence electrons. The molecule has 0 bridgehead atoms. The molecule has 28 heavy (non-hydrogen) atoms.